The molecule has 0 saturated heterocycles. The van der Waals surface area contributed by atoms with Gasteiger partial charge in [0.2, 0.25) is 0 Å². The molecule has 250 valence electrons. The molecule has 4 heteroatoms. The predicted molar refractivity (Wildman–Crippen MR) is 215 cm³/mol. The fraction of sp³-hybridized carbons (Fsp3) is 0.149. The summed E-state index contributed by atoms with van der Waals surface area (Å²) in [5.41, 5.74) is 16.8. The van der Waals surface area contributed by atoms with Crippen LogP contribution in [-0.4, -0.2) is 21.7 Å². The van der Waals surface area contributed by atoms with Gasteiger partial charge in [0.15, 0.2) is 0 Å². The number of hydrogen-bond donors (Lipinski definition) is 2. The minimum Gasteiger partial charge on any atom is -0.324 e. The molecule has 0 spiro atoms. The van der Waals surface area contributed by atoms with Crippen LogP contribution in [0.25, 0.3) is 50.7 Å². The molecule has 5 unspecified atom stereocenters. The van der Waals surface area contributed by atoms with E-state index >= 15 is 0 Å². The van der Waals surface area contributed by atoms with Gasteiger partial charge in [0, 0.05) is 58.2 Å². The number of allylic oxidation sites excluding steroid dienone is 3. The van der Waals surface area contributed by atoms with Crippen LogP contribution in [0.15, 0.2) is 164 Å². The third-order valence-electron chi connectivity index (χ3n) is 11.0. The molecule has 5 aromatic carbocycles. The van der Waals surface area contributed by atoms with Gasteiger partial charge in [-0.2, -0.15) is 0 Å². The first-order chi connectivity index (χ1) is 25.2. The van der Waals surface area contributed by atoms with E-state index in [-0.39, 0.29) is 23.9 Å². The Labute approximate surface area is 299 Å². The molecule has 1 aliphatic carbocycles. The van der Waals surface area contributed by atoms with Gasteiger partial charge in [-0.25, -0.2) is 0 Å². The van der Waals surface area contributed by atoms with Crippen molar-refractivity contribution in [2.45, 2.75) is 30.8 Å². The molecule has 0 fully saturated rings. The Morgan fingerprint density at radius 2 is 1.39 bits per heavy atom. The van der Waals surface area contributed by atoms with Crippen molar-refractivity contribution < 1.29 is 0 Å². The van der Waals surface area contributed by atoms with Crippen LogP contribution in [0.3, 0.4) is 0 Å². The van der Waals surface area contributed by atoms with Gasteiger partial charge in [0.05, 0.1) is 22.6 Å². The van der Waals surface area contributed by atoms with Crippen molar-refractivity contribution in [3.8, 4) is 5.69 Å². The van der Waals surface area contributed by atoms with Crippen LogP contribution in [0, 0.1) is 5.92 Å². The Morgan fingerprint density at radius 3 is 2.18 bits per heavy atom. The first-order valence-corrected chi connectivity index (χ1v) is 18.1. The molecular formula is C47H42N4. The molecule has 0 bridgehead atoms. The summed E-state index contributed by atoms with van der Waals surface area (Å²) in [6, 6.07) is 46.1. The number of nitrogens with zero attached hydrogens (tertiary/aromatic N) is 2. The molecule has 7 aromatic rings. The lowest BCUT2D eigenvalue weighted by Gasteiger charge is -2.27. The molecule has 4 nitrogen and oxygen atoms in total. The zero-order valence-electron chi connectivity index (χ0n) is 28.8. The van der Waals surface area contributed by atoms with Gasteiger partial charge < -0.3 is 20.2 Å². The van der Waals surface area contributed by atoms with E-state index in [0.717, 1.165) is 6.54 Å². The molecule has 2 aliphatic rings. The average molecular weight is 663 g/mol. The number of hydrogen-bond acceptors (Lipinski definition) is 2. The van der Waals surface area contributed by atoms with Gasteiger partial charge in [-0.15, -0.1) is 0 Å². The fourth-order valence-corrected chi connectivity index (χ4v) is 8.39. The molecule has 0 amide bonds. The van der Waals surface area contributed by atoms with E-state index in [2.05, 4.69) is 198 Å². The summed E-state index contributed by atoms with van der Waals surface area (Å²) in [4.78, 5) is 0. The molecule has 51 heavy (non-hydrogen) atoms. The standard InChI is InChI=1S/C47H42N4/c1-32-37(34-24-27-45-40(30-34)38-18-8-11-22-44(38)51(45)36-16-6-3-7-17-36)25-28-46-47(32)39-19-9-10-21-43(39)50(46)29-13-12-20-41(48)35-23-26-42(49-31-35)33-14-4-2-5-15-33/h2-30,32,35,37,41-42,49H,31,48H2,1H3/b20-12-,29-13+. The van der Waals surface area contributed by atoms with Crippen molar-refractivity contribution in [2.24, 2.45) is 11.7 Å². The van der Waals surface area contributed by atoms with Crippen LogP contribution in [0.4, 0.5) is 0 Å². The van der Waals surface area contributed by atoms with E-state index < -0.39 is 0 Å². The lowest BCUT2D eigenvalue weighted by atomic mass is 9.78. The largest absolute Gasteiger partial charge is 0.324 e. The molecule has 3 N–H and O–H groups in total. The van der Waals surface area contributed by atoms with Crippen molar-refractivity contribution in [2.75, 3.05) is 6.54 Å². The zero-order valence-corrected chi connectivity index (χ0v) is 28.8. The molecule has 0 radical (unpaired) electrons. The van der Waals surface area contributed by atoms with Crippen LogP contribution >= 0.6 is 0 Å². The maximum Gasteiger partial charge on any atom is 0.0541 e. The molecular weight excluding hydrogens is 621 g/mol. The topological polar surface area (TPSA) is 47.9 Å². The van der Waals surface area contributed by atoms with E-state index in [1.165, 1.54) is 60.8 Å². The molecule has 2 aromatic heterocycles. The SMILES string of the molecule is CC1c2c(n(/C=C/C=C\C(N)C3C=CC(c4ccccc4)NC3)c3ccccc23)C=CC1c1ccc2c(c1)c1ccccc1n2-c1ccccc1. The lowest BCUT2D eigenvalue weighted by molar-refractivity contribution is 0.464. The van der Waals surface area contributed by atoms with Crippen molar-refractivity contribution in [3.05, 3.63) is 186 Å². The van der Waals surface area contributed by atoms with Crippen molar-refractivity contribution in [1.29, 1.82) is 0 Å². The monoisotopic (exact) mass is 662 g/mol. The van der Waals surface area contributed by atoms with E-state index in [1.807, 2.05) is 0 Å². The maximum absolute atomic E-state index is 6.65. The second-order valence-corrected chi connectivity index (χ2v) is 14.0. The number of para-hydroxylation sites is 3. The molecule has 0 saturated carbocycles. The number of fused-ring (bicyclic) bond motifs is 6. The number of aromatic nitrogens is 2. The second kappa shape index (κ2) is 13.2. The Balaban J connectivity index is 0.998. The van der Waals surface area contributed by atoms with Crippen LogP contribution < -0.4 is 11.1 Å². The lowest BCUT2D eigenvalue weighted by Crippen LogP contribution is -2.38. The number of benzene rings is 5. The average Bonchev–Trinajstić information content (AvgIpc) is 3.70. The maximum atomic E-state index is 6.65. The summed E-state index contributed by atoms with van der Waals surface area (Å²) >= 11 is 0. The molecule has 1 aliphatic heterocycles. The van der Waals surface area contributed by atoms with Crippen LogP contribution in [0.1, 0.15) is 47.2 Å². The normalized spacial score (nSPS) is 21.0. The minimum atomic E-state index is -0.0646. The summed E-state index contributed by atoms with van der Waals surface area (Å²) in [5.74, 6) is 0.823. The van der Waals surface area contributed by atoms with Crippen molar-refractivity contribution in [3.63, 3.8) is 0 Å². The summed E-state index contributed by atoms with van der Waals surface area (Å²) in [6.07, 6.45) is 17.8. The van der Waals surface area contributed by atoms with Gasteiger partial charge in [-0.3, -0.25) is 0 Å². The highest BCUT2D eigenvalue weighted by atomic mass is 15.0. The highest BCUT2D eigenvalue weighted by Gasteiger charge is 2.29. The molecule has 3 heterocycles. The highest BCUT2D eigenvalue weighted by molar-refractivity contribution is 6.09. The van der Waals surface area contributed by atoms with E-state index in [9.17, 15) is 0 Å². The van der Waals surface area contributed by atoms with Gasteiger partial charge in [0.1, 0.15) is 0 Å². The Morgan fingerprint density at radius 1 is 0.686 bits per heavy atom. The number of rotatable bonds is 7. The van der Waals surface area contributed by atoms with Crippen LogP contribution in [0.2, 0.25) is 0 Å². The summed E-state index contributed by atoms with van der Waals surface area (Å²) < 4.78 is 4.73. The van der Waals surface area contributed by atoms with E-state index in [0.29, 0.717) is 5.92 Å². The van der Waals surface area contributed by atoms with E-state index in [1.54, 1.807) is 0 Å². The van der Waals surface area contributed by atoms with Crippen LogP contribution in [0.5, 0.6) is 0 Å². The third-order valence-corrected chi connectivity index (χ3v) is 11.0. The Kier molecular flexibility index (Phi) is 8.12. The summed E-state index contributed by atoms with van der Waals surface area (Å²) in [7, 11) is 0. The predicted octanol–water partition coefficient (Wildman–Crippen LogP) is 10.5. The summed E-state index contributed by atoms with van der Waals surface area (Å²) in [6.45, 7) is 3.24. The number of nitrogens with one attached hydrogen (secondary N) is 1. The third kappa shape index (κ3) is 5.58. The highest BCUT2D eigenvalue weighted by Crippen LogP contribution is 2.46. The first kappa shape index (κ1) is 31.3. The van der Waals surface area contributed by atoms with Gasteiger partial charge in [-0.1, -0.05) is 128 Å². The van der Waals surface area contributed by atoms with E-state index in [4.69, 9.17) is 5.73 Å². The smallest absolute Gasteiger partial charge is 0.0541 e. The van der Waals surface area contributed by atoms with Crippen LogP contribution in [-0.2, 0) is 0 Å². The van der Waals surface area contributed by atoms with Gasteiger partial charge >= 0.3 is 0 Å². The second-order valence-electron chi connectivity index (χ2n) is 14.0. The number of nitrogens with two attached hydrogens (primary N) is 1. The fourth-order valence-electron chi connectivity index (χ4n) is 8.39. The summed E-state index contributed by atoms with van der Waals surface area (Å²) in [5, 5.41) is 7.54. The first-order valence-electron chi connectivity index (χ1n) is 18.1. The zero-order chi connectivity index (χ0) is 34.3. The molecule has 9 rings (SSSR count). The van der Waals surface area contributed by atoms with Gasteiger partial charge in [-0.05, 0) is 71.2 Å². The van der Waals surface area contributed by atoms with Crippen molar-refractivity contribution in [1.82, 2.24) is 14.5 Å². The van der Waals surface area contributed by atoms with Crippen molar-refractivity contribution >= 4 is 45.0 Å². The Bertz CT molecular complexity index is 2480. The quantitative estimate of drug-likeness (QED) is 0.132. The Hall–Kier alpha value is -5.68. The molecule has 5 atom stereocenters. The minimum absolute atomic E-state index is 0.0646. The van der Waals surface area contributed by atoms with Gasteiger partial charge in [0.25, 0.3) is 0 Å².